The molecule has 1 aliphatic carbocycles. The van der Waals surface area contributed by atoms with Crippen LogP contribution in [0.3, 0.4) is 0 Å². The molecule has 1 N–H and O–H groups in total. The Bertz CT molecular complexity index is 4230. The van der Waals surface area contributed by atoms with Crippen LogP contribution in [0.25, 0.3) is 105 Å². The molecule has 0 unspecified atom stereocenters. The number of para-hydroxylation sites is 1. The Morgan fingerprint density at radius 3 is 1.82 bits per heavy atom. The molecule has 0 saturated carbocycles. The molecule has 0 radical (unpaired) electrons. The van der Waals surface area contributed by atoms with E-state index < -0.39 is 0 Å². The molecule has 0 atom stereocenters. The van der Waals surface area contributed by atoms with E-state index in [9.17, 15) is 0 Å². The van der Waals surface area contributed by atoms with Gasteiger partial charge in [0.1, 0.15) is 22.7 Å². The molecule has 0 bridgehead atoms. The van der Waals surface area contributed by atoms with Gasteiger partial charge in [-0.3, -0.25) is 0 Å². The second kappa shape index (κ2) is 15.0. The third kappa shape index (κ3) is 6.32. The van der Waals surface area contributed by atoms with Gasteiger partial charge in [0.2, 0.25) is 0 Å². The Hall–Kier alpha value is -8.02. The van der Waals surface area contributed by atoms with E-state index in [4.69, 9.17) is 8.83 Å². The van der Waals surface area contributed by atoms with Crippen molar-refractivity contribution in [2.45, 2.75) is 71.6 Å². The maximum absolute atomic E-state index is 7.04. The van der Waals surface area contributed by atoms with Crippen LogP contribution in [0.2, 0.25) is 0 Å². The number of fused-ring (bicyclic) bond motifs is 12. The third-order valence-electron chi connectivity index (χ3n) is 16.1. The van der Waals surface area contributed by atoms with Crippen molar-refractivity contribution in [1.29, 1.82) is 0 Å². The highest BCUT2D eigenvalue weighted by Gasteiger charge is 2.38. The Morgan fingerprint density at radius 1 is 0.472 bits per heavy atom. The summed E-state index contributed by atoms with van der Waals surface area (Å²) in [6.45, 7) is 18.6. The molecular weight excluding hydrogens is 876 g/mol. The number of hydrogen-bond donors (Lipinski definition) is 1. The summed E-state index contributed by atoms with van der Waals surface area (Å²) in [7, 11) is 0.737. The zero-order chi connectivity index (χ0) is 49.0. The van der Waals surface area contributed by atoms with Gasteiger partial charge in [0, 0.05) is 83.1 Å². The number of hydrogen-bond acceptors (Lipinski definition) is 3. The molecule has 0 spiro atoms. The van der Waals surface area contributed by atoms with Crippen molar-refractivity contribution in [1.82, 2.24) is 4.57 Å². The van der Waals surface area contributed by atoms with Crippen LogP contribution in [0.5, 0.6) is 0 Å². The van der Waals surface area contributed by atoms with Crippen LogP contribution >= 0.6 is 0 Å². The van der Waals surface area contributed by atoms with Crippen molar-refractivity contribution in [2.75, 3.05) is 5.32 Å². The number of aromatic nitrogens is 1. The van der Waals surface area contributed by atoms with E-state index in [1.807, 2.05) is 0 Å². The normalized spacial score (nSPS) is 13.8. The van der Waals surface area contributed by atoms with Crippen LogP contribution in [0.1, 0.15) is 77.6 Å². The summed E-state index contributed by atoms with van der Waals surface area (Å²) in [5.41, 5.74) is 22.5. The van der Waals surface area contributed by atoms with Gasteiger partial charge in [0.25, 0.3) is 0 Å². The first-order valence-electron chi connectivity index (χ1n) is 25.5. The Kier molecular flexibility index (Phi) is 8.93. The lowest BCUT2D eigenvalue weighted by Crippen LogP contribution is -2.37. The number of benzene rings is 9. The molecule has 0 saturated heterocycles. The fourth-order valence-electron chi connectivity index (χ4n) is 12.2. The highest BCUT2D eigenvalue weighted by Crippen LogP contribution is 2.53. The average Bonchev–Trinajstić information content (AvgIpc) is 4.10. The van der Waals surface area contributed by atoms with Crippen molar-refractivity contribution in [3.63, 3.8) is 0 Å². The van der Waals surface area contributed by atoms with E-state index in [0.29, 0.717) is 0 Å². The summed E-state index contributed by atoms with van der Waals surface area (Å²) < 4.78 is 16.2. The van der Waals surface area contributed by atoms with Crippen molar-refractivity contribution < 1.29 is 8.83 Å². The van der Waals surface area contributed by atoms with E-state index in [-0.39, 0.29) is 16.2 Å². The highest BCUT2D eigenvalue weighted by atomic mass is 16.3. The van der Waals surface area contributed by atoms with Crippen LogP contribution in [-0.4, -0.2) is 11.8 Å². The molecule has 5 heteroatoms. The number of nitrogens with zero attached hydrogens (tertiary/aromatic N) is 1. The van der Waals surface area contributed by atoms with E-state index in [2.05, 4.69) is 241 Å². The number of anilines is 2. The van der Waals surface area contributed by atoms with Crippen molar-refractivity contribution in [2.24, 2.45) is 0 Å². The molecule has 9 aromatic carbocycles. The molecule has 2 aliphatic rings. The largest absolute Gasteiger partial charge is 0.456 e. The van der Waals surface area contributed by atoms with Crippen molar-refractivity contribution >= 4 is 84.1 Å². The minimum absolute atomic E-state index is 0.0342. The van der Waals surface area contributed by atoms with Crippen LogP contribution in [0.4, 0.5) is 11.4 Å². The zero-order valence-electron chi connectivity index (χ0n) is 42.2. The van der Waals surface area contributed by atoms with Gasteiger partial charge in [0.15, 0.2) is 7.28 Å². The molecule has 0 fully saturated rings. The Morgan fingerprint density at radius 2 is 1.11 bits per heavy atom. The predicted molar refractivity (Wildman–Crippen MR) is 305 cm³/mol. The molecule has 72 heavy (non-hydrogen) atoms. The molecule has 1 aliphatic heterocycles. The van der Waals surface area contributed by atoms with E-state index >= 15 is 0 Å². The van der Waals surface area contributed by atoms with Gasteiger partial charge < -0.3 is 18.7 Å². The fraction of sp³-hybridized carbons (Fsp3) is 0.164. The SMILES string of the molecule is CC(C)(C)c1ccc(Nc2cc3c(cc2-c2ccc4c5cc6c(cc5n5c4c2Bc2cc4c(-c7ccccc7)oc(-c7ccccc7)c4cc2-5)oc2ccccc26)-c2ccc(C(C)(C)C)cc2C3(C)C)cc1. The molecule has 3 aromatic heterocycles. The molecule has 4 nitrogen and oxygen atoms in total. The lowest BCUT2D eigenvalue weighted by atomic mass is 9.58. The summed E-state index contributed by atoms with van der Waals surface area (Å²) in [6.07, 6.45) is 0. The standard InChI is InChI=1S/C67H55BN2O2/c1-65(2,3)40-23-26-42(27-24-40)69-56-36-54-47(43-28-25-41(66(4,5)6)31-53(43)67(54,7)8)32-48(56)45-29-30-46-49-33-50-44-21-15-16-22-59(44)71-60(50)37-57(49)70-58-35-52-51(34-55(58)68-61(45)62(46)70)63(38-17-11-9-12-18-38)72-64(52)39-19-13-10-14-20-39/h9-37,68-69H,1-8H3. The van der Waals surface area contributed by atoms with Crippen molar-refractivity contribution in [3.05, 3.63) is 198 Å². The molecule has 348 valence electrons. The van der Waals surface area contributed by atoms with Crippen LogP contribution in [0.15, 0.2) is 185 Å². The maximum Gasteiger partial charge on any atom is 0.198 e. The lowest BCUT2D eigenvalue weighted by molar-refractivity contribution is 0.584. The fourth-order valence-corrected chi connectivity index (χ4v) is 12.2. The topological polar surface area (TPSA) is 43.2 Å². The molecule has 14 rings (SSSR count). The van der Waals surface area contributed by atoms with E-state index in [0.717, 1.165) is 85.2 Å². The molecular formula is C67H55BN2O2. The van der Waals surface area contributed by atoms with Gasteiger partial charge in [-0.15, -0.1) is 0 Å². The molecule has 0 amide bonds. The van der Waals surface area contributed by atoms with Crippen LogP contribution < -0.4 is 16.2 Å². The summed E-state index contributed by atoms with van der Waals surface area (Å²) in [5.74, 6) is 1.76. The predicted octanol–water partition coefficient (Wildman–Crippen LogP) is 16.8. The molecule has 4 heterocycles. The van der Waals surface area contributed by atoms with Crippen LogP contribution in [-0.2, 0) is 16.2 Å². The van der Waals surface area contributed by atoms with Crippen LogP contribution in [0, 0.1) is 0 Å². The lowest BCUT2D eigenvalue weighted by Gasteiger charge is -2.27. The van der Waals surface area contributed by atoms with Gasteiger partial charge in [-0.25, -0.2) is 0 Å². The minimum Gasteiger partial charge on any atom is -0.456 e. The van der Waals surface area contributed by atoms with Crippen molar-refractivity contribution in [3.8, 4) is 50.6 Å². The number of furan rings is 2. The second-order valence-electron chi connectivity index (χ2n) is 23.0. The summed E-state index contributed by atoms with van der Waals surface area (Å²) in [5, 5.41) is 10.9. The van der Waals surface area contributed by atoms with Gasteiger partial charge in [-0.2, -0.15) is 0 Å². The first kappa shape index (κ1) is 42.8. The quantitative estimate of drug-likeness (QED) is 0.175. The minimum atomic E-state index is -0.202. The van der Waals surface area contributed by atoms with Gasteiger partial charge in [-0.1, -0.05) is 188 Å². The van der Waals surface area contributed by atoms with Gasteiger partial charge in [-0.05, 0) is 97.7 Å². The summed E-state index contributed by atoms with van der Waals surface area (Å²) >= 11 is 0. The van der Waals surface area contributed by atoms with E-state index in [1.54, 1.807) is 0 Å². The average molecular weight is 931 g/mol. The maximum atomic E-state index is 7.04. The van der Waals surface area contributed by atoms with Gasteiger partial charge >= 0.3 is 0 Å². The Labute approximate surface area is 421 Å². The number of nitrogens with one attached hydrogen (secondary N) is 1. The smallest absolute Gasteiger partial charge is 0.198 e. The summed E-state index contributed by atoms with van der Waals surface area (Å²) in [6, 6.07) is 65.0. The Balaban J connectivity index is 1.06. The zero-order valence-corrected chi connectivity index (χ0v) is 42.2. The highest BCUT2D eigenvalue weighted by molar-refractivity contribution is 6.73. The third-order valence-corrected chi connectivity index (χ3v) is 16.1. The number of rotatable bonds is 5. The van der Waals surface area contributed by atoms with Gasteiger partial charge in [0.05, 0.1) is 5.52 Å². The molecule has 12 aromatic rings. The first-order chi connectivity index (χ1) is 34.7. The monoisotopic (exact) mass is 930 g/mol. The second-order valence-corrected chi connectivity index (χ2v) is 23.0. The van der Waals surface area contributed by atoms with E-state index in [1.165, 1.54) is 71.7 Å². The first-order valence-corrected chi connectivity index (χ1v) is 25.5. The summed E-state index contributed by atoms with van der Waals surface area (Å²) in [4.78, 5) is 0.